The molecule has 11 nitrogen and oxygen atoms in total. The summed E-state index contributed by atoms with van der Waals surface area (Å²) in [5.41, 5.74) is 1.70. The highest BCUT2D eigenvalue weighted by Gasteiger charge is 2.36. The number of carbonyl (C=O) groups is 3. The number of imide groups is 1. The number of hydrogen-bond acceptors (Lipinski definition) is 8. The lowest BCUT2D eigenvalue weighted by atomic mass is 10.1. The molecular weight excluding hydrogens is 460 g/mol. The zero-order valence-corrected chi connectivity index (χ0v) is 18.3. The van der Waals surface area contributed by atoms with E-state index >= 15 is 0 Å². The van der Waals surface area contributed by atoms with Crippen LogP contribution in [-0.4, -0.2) is 48.7 Å². The van der Waals surface area contributed by atoms with Gasteiger partial charge in [-0.1, -0.05) is 30.3 Å². The Morgan fingerprint density at radius 3 is 2.62 bits per heavy atom. The minimum absolute atomic E-state index is 0.000141. The van der Waals surface area contributed by atoms with Crippen molar-refractivity contribution in [3.05, 3.63) is 75.2 Å². The fourth-order valence-corrected chi connectivity index (χ4v) is 4.55. The summed E-state index contributed by atoms with van der Waals surface area (Å²) in [5.74, 6) is -1.32. The number of carbonyl (C=O) groups excluding carboxylic acids is 3. The molecule has 0 fully saturated rings. The van der Waals surface area contributed by atoms with Crippen molar-refractivity contribution >= 4 is 45.7 Å². The molecule has 34 heavy (non-hydrogen) atoms. The highest BCUT2D eigenvalue weighted by atomic mass is 32.1. The second kappa shape index (κ2) is 8.48. The van der Waals surface area contributed by atoms with Crippen molar-refractivity contribution in [3.63, 3.8) is 0 Å². The Hall–Kier alpha value is -4.45. The van der Waals surface area contributed by atoms with Crippen LogP contribution in [-0.2, 0) is 4.79 Å². The molecule has 1 N–H and O–H groups in total. The summed E-state index contributed by atoms with van der Waals surface area (Å²) in [7, 11) is 0. The van der Waals surface area contributed by atoms with Crippen LogP contribution in [0.2, 0.25) is 0 Å². The van der Waals surface area contributed by atoms with Crippen LogP contribution in [0.25, 0.3) is 16.2 Å². The zero-order valence-electron chi connectivity index (χ0n) is 17.5. The Balaban J connectivity index is 1.20. The summed E-state index contributed by atoms with van der Waals surface area (Å²) in [6.45, 7) is 0.0113. The van der Waals surface area contributed by atoms with Gasteiger partial charge in [-0.25, -0.2) is 4.52 Å². The highest BCUT2D eigenvalue weighted by Crippen LogP contribution is 2.27. The van der Waals surface area contributed by atoms with Crippen molar-refractivity contribution in [2.24, 2.45) is 0 Å². The third kappa shape index (κ3) is 3.79. The third-order valence-electron chi connectivity index (χ3n) is 5.35. The van der Waals surface area contributed by atoms with E-state index in [2.05, 4.69) is 15.4 Å². The van der Waals surface area contributed by atoms with Crippen molar-refractivity contribution in [2.45, 2.75) is 12.8 Å². The Labute approximate surface area is 195 Å². The van der Waals surface area contributed by atoms with Crippen LogP contribution < -0.4 is 5.32 Å². The van der Waals surface area contributed by atoms with Gasteiger partial charge in [0.1, 0.15) is 0 Å². The number of nitrogens with one attached hydrogen (secondary N) is 1. The smallest absolute Gasteiger partial charge is 0.270 e. The quantitative estimate of drug-likeness (QED) is 0.245. The second-order valence-corrected chi connectivity index (χ2v) is 8.35. The maximum absolute atomic E-state index is 12.5. The molecule has 170 valence electrons. The molecule has 3 amide bonds. The van der Waals surface area contributed by atoms with E-state index in [1.54, 1.807) is 4.52 Å². The normalized spacial score (nSPS) is 12.9. The van der Waals surface area contributed by atoms with Gasteiger partial charge in [-0.3, -0.25) is 34.7 Å². The van der Waals surface area contributed by atoms with E-state index in [0.717, 1.165) is 22.2 Å². The number of nitrogens with zero attached hydrogens (tertiary/aromatic N) is 5. The van der Waals surface area contributed by atoms with Gasteiger partial charge < -0.3 is 0 Å². The lowest BCUT2D eigenvalue weighted by Crippen LogP contribution is -2.31. The number of aromatic nitrogens is 3. The van der Waals surface area contributed by atoms with E-state index in [1.165, 1.54) is 23.5 Å². The number of hydrogen-bond donors (Lipinski definition) is 1. The van der Waals surface area contributed by atoms with E-state index in [1.807, 2.05) is 35.7 Å². The third-order valence-corrected chi connectivity index (χ3v) is 6.17. The Bertz CT molecular complexity index is 1460. The predicted octanol–water partition coefficient (Wildman–Crippen LogP) is 3.38. The summed E-state index contributed by atoms with van der Waals surface area (Å²) in [6, 6.07) is 13.3. The summed E-state index contributed by atoms with van der Waals surface area (Å²) in [6.07, 6.45) is 0.253. The molecule has 0 spiro atoms. The molecule has 0 aliphatic carbocycles. The van der Waals surface area contributed by atoms with Crippen LogP contribution in [0.1, 0.15) is 33.6 Å². The minimum atomic E-state index is -0.623. The first-order chi connectivity index (χ1) is 16.4. The van der Waals surface area contributed by atoms with Crippen LogP contribution in [0, 0.1) is 10.1 Å². The van der Waals surface area contributed by atoms with Crippen molar-refractivity contribution < 1.29 is 19.3 Å². The number of fused-ring (bicyclic) bond motifs is 2. The van der Waals surface area contributed by atoms with Gasteiger partial charge in [0.15, 0.2) is 0 Å². The van der Waals surface area contributed by atoms with Gasteiger partial charge in [0.25, 0.3) is 17.5 Å². The molecule has 3 heterocycles. The van der Waals surface area contributed by atoms with Crippen LogP contribution in [0.15, 0.2) is 53.9 Å². The van der Waals surface area contributed by atoms with Crippen molar-refractivity contribution in [2.75, 3.05) is 11.9 Å². The Kier molecular flexibility index (Phi) is 5.34. The predicted molar refractivity (Wildman–Crippen MR) is 123 cm³/mol. The van der Waals surface area contributed by atoms with Gasteiger partial charge in [-0.15, -0.1) is 16.4 Å². The van der Waals surface area contributed by atoms with Crippen molar-refractivity contribution in [1.29, 1.82) is 0 Å². The molecule has 0 radical (unpaired) electrons. The number of amides is 3. The first kappa shape index (κ1) is 21.4. The SMILES string of the molecule is O=C(CCCN1C(=O)c2ccc([N+](=O)[O-])cc2C1=O)Nc1nc2scc(-c3ccccc3)n2n1. The lowest BCUT2D eigenvalue weighted by molar-refractivity contribution is -0.384. The molecule has 2 aromatic carbocycles. The Morgan fingerprint density at radius 2 is 1.85 bits per heavy atom. The summed E-state index contributed by atoms with van der Waals surface area (Å²) >= 11 is 1.40. The number of nitro groups is 1. The molecule has 2 aromatic heterocycles. The Morgan fingerprint density at radius 1 is 1.09 bits per heavy atom. The lowest BCUT2D eigenvalue weighted by Gasteiger charge is -2.13. The van der Waals surface area contributed by atoms with Gasteiger partial charge in [0.2, 0.25) is 16.8 Å². The van der Waals surface area contributed by atoms with E-state index < -0.39 is 16.7 Å². The fourth-order valence-electron chi connectivity index (χ4n) is 3.72. The topological polar surface area (TPSA) is 140 Å². The highest BCUT2D eigenvalue weighted by molar-refractivity contribution is 7.15. The maximum Gasteiger partial charge on any atom is 0.270 e. The summed E-state index contributed by atoms with van der Waals surface area (Å²) in [4.78, 5) is 53.7. The van der Waals surface area contributed by atoms with Crippen LogP contribution in [0.4, 0.5) is 11.6 Å². The zero-order chi connectivity index (χ0) is 23.8. The first-order valence-electron chi connectivity index (χ1n) is 10.3. The number of benzene rings is 2. The van der Waals surface area contributed by atoms with Crippen LogP contribution in [0.5, 0.6) is 0 Å². The van der Waals surface area contributed by atoms with E-state index in [0.29, 0.717) is 4.96 Å². The van der Waals surface area contributed by atoms with Gasteiger partial charge in [0.05, 0.1) is 21.7 Å². The molecule has 0 bridgehead atoms. The van der Waals surface area contributed by atoms with Gasteiger partial charge >= 0.3 is 0 Å². The van der Waals surface area contributed by atoms with Gasteiger partial charge in [-0.2, -0.15) is 4.98 Å². The van der Waals surface area contributed by atoms with E-state index in [-0.39, 0.29) is 48.1 Å². The average Bonchev–Trinajstić information content (AvgIpc) is 3.47. The standard InChI is InChI=1S/C22H16N6O5S/c29-18(23-21-24-22-27(25-21)17(12-34-22)13-5-2-1-3-6-13)7-4-10-26-19(30)15-9-8-14(28(32)33)11-16(15)20(26)31/h1-3,5-6,8-9,11-12H,4,7,10H2,(H,23,25,29). The molecule has 5 rings (SSSR count). The molecular formula is C22H16N6O5S. The van der Waals surface area contributed by atoms with Gasteiger partial charge in [0, 0.05) is 36.0 Å². The molecule has 1 aliphatic heterocycles. The number of non-ortho nitro benzene ring substituents is 1. The largest absolute Gasteiger partial charge is 0.293 e. The van der Waals surface area contributed by atoms with Crippen molar-refractivity contribution in [3.8, 4) is 11.3 Å². The second-order valence-electron chi connectivity index (χ2n) is 7.52. The fraction of sp³-hybridized carbons (Fsp3) is 0.136. The molecule has 1 aliphatic rings. The maximum atomic E-state index is 12.5. The number of nitro benzene ring substituents is 1. The van der Waals surface area contributed by atoms with E-state index in [9.17, 15) is 24.5 Å². The molecule has 0 unspecified atom stereocenters. The van der Waals surface area contributed by atoms with Crippen LogP contribution >= 0.6 is 11.3 Å². The molecule has 0 atom stereocenters. The number of anilines is 1. The minimum Gasteiger partial charge on any atom is -0.293 e. The average molecular weight is 476 g/mol. The monoisotopic (exact) mass is 476 g/mol. The van der Waals surface area contributed by atoms with Gasteiger partial charge in [-0.05, 0) is 12.5 Å². The summed E-state index contributed by atoms with van der Waals surface area (Å²) < 4.78 is 1.66. The molecule has 4 aromatic rings. The van der Waals surface area contributed by atoms with E-state index in [4.69, 9.17) is 0 Å². The molecule has 12 heteroatoms. The summed E-state index contributed by atoms with van der Waals surface area (Å²) in [5, 5.41) is 19.9. The number of thiazole rings is 1. The van der Waals surface area contributed by atoms with Crippen LogP contribution in [0.3, 0.4) is 0 Å². The van der Waals surface area contributed by atoms with Crippen molar-refractivity contribution in [1.82, 2.24) is 19.5 Å². The molecule has 0 saturated carbocycles. The first-order valence-corrected chi connectivity index (χ1v) is 11.1. The molecule has 0 saturated heterocycles. The number of rotatable bonds is 7.